The van der Waals surface area contributed by atoms with E-state index in [9.17, 15) is 0 Å². The van der Waals surface area contributed by atoms with Crippen LogP contribution >= 0.6 is 45.5 Å². The van der Waals surface area contributed by atoms with Crippen molar-refractivity contribution in [2.75, 3.05) is 0 Å². The lowest BCUT2D eigenvalue weighted by Crippen LogP contribution is -1.75. The van der Waals surface area contributed by atoms with Crippen molar-refractivity contribution >= 4 is 55.6 Å². The highest BCUT2D eigenvalue weighted by molar-refractivity contribution is 14.1. The van der Waals surface area contributed by atoms with Crippen molar-refractivity contribution in [2.45, 2.75) is 6.92 Å². The lowest BCUT2D eigenvalue weighted by Gasteiger charge is -1.97. The van der Waals surface area contributed by atoms with Gasteiger partial charge in [0, 0.05) is 19.0 Å². The van der Waals surface area contributed by atoms with Gasteiger partial charge >= 0.3 is 0 Å². The van der Waals surface area contributed by atoms with Crippen LogP contribution in [-0.2, 0) is 0 Å². The van der Waals surface area contributed by atoms with E-state index in [1.807, 2.05) is 5.38 Å². The van der Waals surface area contributed by atoms with Gasteiger partial charge in [-0.15, -0.1) is 11.3 Å². The van der Waals surface area contributed by atoms with Crippen LogP contribution in [0.1, 0.15) is 5.56 Å². The van der Waals surface area contributed by atoms with Crippen LogP contribution in [0.15, 0.2) is 17.5 Å². The molecule has 1 aromatic carbocycles. The molecule has 0 unspecified atom stereocenters. The number of fused-ring (bicyclic) bond motifs is 1. The molecule has 0 aliphatic carbocycles. The van der Waals surface area contributed by atoms with Crippen LogP contribution in [0.4, 0.5) is 0 Å². The van der Waals surface area contributed by atoms with Crippen molar-refractivity contribution < 1.29 is 0 Å². The zero-order chi connectivity index (χ0) is 8.72. The van der Waals surface area contributed by atoms with Gasteiger partial charge in [0.05, 0.1) is 5.02 Å². The minimum absolute atomic E-state index is 0.872. The first kappa shape index (κ1) is 8.78. The fourth-order valence-corrected chi connectivity index (χ4v) is 3.24. The Hall–Kier alpha value is 0.200. The summed E-state index contributed by atoms with van der Waals surface area (Å²) in [5, 5.41) is 4.05. The number of benzene rings is 1. The molecule has 1 heterocycles. The Morgan fingerprint density at radius 3 is 2.92 bits per heavy atom. The highest BCUT2D eigenvalue weighted by Crippen LogP contribution is 2.33. The van der Waals surface area contributed by atoms with Gasteiger partial charge in [0.1, 0.15) is 0 Å². The van der Waals surface area contributed by atoms with E-state index in [4.69, 9.17) is 11.6 Å². The lowest BCUT2D eigenvalue weighted by atomic mass is 10.2. The van der Waals surface area contributed by atoms with E-state index in [1.54, 1.807) is 11.3 Å². The first-order chi connectivity index (χ1) is 5.68. The van der Waals surface area contributed by atoms with Crippen LogP contribution in [0, 0.1) is 10.5 Å². The van der Waals surface area contributed by atoms with Gasteiger partial charge in [-0.3, -0.25) is 0 Å². The third-order valence-corrected chi connectivity index (χ3v) is 3.97. The molecule has 0 amide bonds. The van der Waals surface area contributed by atoms with E-state index < -0.39 is 0 Å². The molecule has 0 aliphatic heterocycles. The standard InChI is InChI=1S/C9H6ClIS/c1-5-2-6(11)3-7-8(10)4-12-9(5)7/h2-4H,1H3. The molecule has 0 saturated heterocycles. The van der Waals surface area contributed by atoms with E-state index >= 15 is 0 Å². The van der Waals surface area contributed by atoms with Crippen molar-refractivity contribution in [3.8, 4) is 0 Å². The van der Waals surface area contributed by atoms with Crippen molar-refractivity contribution in [3.63, 3.8) is 0 Å². The monoisotopic (exact) mass is 308 g/mol. The molecule has 0 saturated carbocycles. The minimum Gasteiger partial charge on any atom is -0.142 e. The molecule has 1 aromatic heterocycles. The molecule has 2 rings (SSSR count). The first-order valence-electron chi connectivity index (χ1n) is 3.51. The zero-order valence-corrected chi connectivity index (χ0v) is 10.1. The van der Waals surface area contributed by atoms with E-state index in [1.165, 1.54) is 19.2 Å². The number of aryl methyl sites for hydroxylation is 1. The molecule has 12 heavy (non-hydrogen) atoms. The van der Waals surface area contributed by atoms with Crippen LogP contribution < -0.4 is 0 Å². The molecule has 0 spiro atoms. The van der Waals surface area contributed by atoms with Crippen molar-refractivity contribution in [3.05, 3.63) is 31.7 Å². The van der Waals surface area contributed by atoms with Crippen LogP contribution in [0.3, 0.4) is 0 Å². The third kappa shape index (κ3) is 1.36. The molecule has 0 bridgehead atoms. The van der Waals surface area contributed by atoms with Gasteiger partial charge in [0.25, 0.3) is 0 Å². The zero-order valence-electron chi connectivity index (χ0n) is 6.40. The Labute approximate surface area is 93.7 Å². The minimum atomic E-state index is 0.872. The van der Waals surface area contributed by atoms with Gasteiger partial charge in [0.2, 0.25) is 0 Å². The Kier molecular flexibility index (Phi) is 2.31. The summed E-state index contributed by atoms with van der Waals surface area (Å²) in [5.74, 6) is 0. The van der Waals surface area contributed by atoms with Gasteiger partial charge < -0.3 is 0 Å². The van der Waals surface area contributed by atoms with Crippen molar-refractivity contribution in [1.29, 1.82) is 0 Å². The SMILES string of the molecule is Cc1cc(I)cc2c(Cl)csc12. The number of hydrogen-bond donors (Lipinski definition) is 0. The third-order valence-electron chi connectivity index (χ3n) is 1.78. The second-order valence-electron chi connectivity index (χ2n) is 2.68. The largest absolute Gasteiger partial charge is 0.142 e. The molecule has 2 aromatic rings. The molecular formula is C9H6ClIS. The van der Waals surface area contributed by atoms with E-state index in [2.05, 4.69) is 41.6 Å². The number of thiophene rings is 1. The summed E-state index contributed by atoms with van der Waals surface area (Å²) in [5.41, 5.74) is 1.31. The molecule has 62 valence electrons. The van der Waals surface area contributed by atoms with Crippen LogP contribution in [0.5, 0.6) is 0 Å². The van der Waals surface area contributed by atoms with Crippen LogP contribution in [0.2, 0.25) is 5.02 Å². The second kappa shape index (κ2) is 3.16. The van der Waals surface area contributed by atoms with E-state index in [-0.39, 0.29) is 0 Å². The Morgan fingerprint density at radius 2 is 2.17 bits per heavy atom. The highest BCUT2D eigenvalue weighted by Gasteiger charge is 2.04. The molecule has 0 N–H and O–H groups in total. The number of halogens is 2. The molecule has 0 atom stereocenters. The molecule has 0 nitrogen and oxygen atoms in total. The fraction of sp³-hybridized carbons (Fsp3) is 0.111. The lowest BCUT2D eigenvalue weighted by molar-refractivity contribution is 1.53. The van der Waals surface area contributed by atoms with Gasteiger partial charge in [-0.05, 0) is 47.2 Å². The molecule has 3 heteroatoms. The van der Waals surface area contributed by atoms with Gasteiger partial charge in [-0.25, -0.2) is 0 Å². The number of hydrogen-bond acceptors (Lipinski definition) is 1. The summed E-state index contributed by atoms with van der Waals surface area (Å²) in [6.45, 7) is 2.12. The molecule has 0 aliphatic rings. The van der Waals surface area contributed by atoms with Gasteiger partial charge in [0.15, 0.2) is 0 Å². The number of rotatable bonds is 0. The van der Waals surface area contributed by atoms with Crippen LogP contribution in [-0.4, -0.2) is 0 Å². The maximum absolute atomic E-state index is 6.02. The van der Waals surface area contributed by atoms with E-state index in [0.29, 0.717) is 0 Å². The smallest absolute Gasteiger partial charge is 0.0592 e. The average Bonchev–Trinajstić information content (AvgIpc) is 2.33. The second-order valence-corrected chi connectivity index (χ2v) is 5.22. The molecular weight excluding hydrogens is 303 g/mol. The Bertz CT molecular complexity index is 433. The summed E-state index contributed by atoms with van der Waals surface area (Å²) in [6.07, 6.45) is 0. The van der Waals surface area contributed by atoms with Gasteiger partial charge in [-0.1, -0.05) is 11.6 Å². The summed E-state index contributed by atoms with van der Waals surface area (Å²) in [6, 6.07) is 4.30. The molecule has 0 fully saturated rings. The average molecular weight is 309 g/mol. The Balaban J connectivity index is 2.92. The predicted octanol–water partition coefficient (Wildman–Crippen LogP) is 4.47. The van der Waals surface area contributed by atoms with E-state index in [0.717, 1.165) is 5.02 Å². The maximum atomic E-state index is 6.02. The van der Waals surface area contributed by atoms with Crippen molar-refractivity contribution in [2.24, 2.45) is 0 Å². The van der Waals surface area contributed by atoms with Crippen LogP contribution in [0.25, 0.3) is 10.1 Å². The maximum Gasteiger partial charge on any atom is 0.0592 e. The van der Waals surface area contributed by atoms with Crippen molar-refractivity contribution in [1.82, 2.24) is 0 Å². The summed E-state index contributed by atoms with van der Waals surface area (Å²) < 4.78 is 2.55. The highest BCUT2D eigenvalue weighted by atomic mass is 127. The van der Waals surface area contributed by atoms with Gasteiger partial charge in [-0.2, -0.15) is 0 Å². The first-order valence-corrected chi connectivity index (χ1v) is 5.85. The summed E-state index contributed by atoms with van der Waals surface area (Å²) in [4.78, 5) is 0. The normalized spacial score (nSPS) is 10.9. The Morgan fingerprint density at radius 1 is 1.42 bits per heavy atom. The summed E-state index contributed by atoms with van der Waals surface area (Å²) >= 11 is 10.1. The predicted molar refractivity (Wildman–Crippen MR) is 64.3 cm³/mol. The topological polar surface area (TPSA) is 0 Å². The molecule has 0 radical (unpaired) electrons. The fourth-order valence-electron chi connectivity index (χ4n) is 1.24. The summed E-state index contributed by atoms with van der Waals surface area (Å²) in [7, 11) is 0. The quantitative estimate of drug-likeness (QED) is 0.630.